The molecule has 5 aromatic rings. The van der Waals surface area contributed by atoms with Gasteiger partial charge in [-0.25, -0.2) is 4.39 Å². The van der Waals surface area contributed by atoms with E-state index in [2.05, 4.69) is 9.97 Å². The maximum Gasteiger partial charge on any atom is 0.200 e. The zero-order valence-corrected chi connectivity index (χ0v) is 23.1. The number of benzene rings is 2. The Bertz CT molecular complexity index is 1780. The predicted octanol–water partition coefficient (Wildman–Crippen LogP) is 6.41. The van der Waals surface area contributed by atoms with Gasteiger partial charge in [0.05, 0.1) is 37.9 Å². The van der Waals surface area contributed by atoms with E-state index in [1.165, 1.54) is 30.5 Å². The molecule has 0 atom stereocenters. The molecule has 0 radical (unpaired) electrons. The van der Waals surface area contributed by atoms with Gasteiger partial charge < -0.3 is 18.8 Å². The van der Waals surface area contributed by atoms with Crippen molar-refractivity contribution in [3.05, 3.63) is 107 Å². The summed E-state index contributed by atoms with van der Waals surface area (Å²) >= 11 is 0. The van der Waals surface area contributed by atoms with Gasteiger partial charge in [0.2, 0.25) is 0 Å². The van der Waals surface area contributed by atoms with Crippen LogP contribution in [0.2, 0.25) is 0 Å². The quantitative estimate of drug-likeness (QED) is 0.195. The van der Waals surface area contributed by atoms with Crippen LogP contribution in [0.4, 0.5) is 4.39 Å². The van der Waals surface area contributed by atoms with Crippen molar-refractivity contribution in [2.24, 2.45) is 0 Å². The topological polar surface area (TPSA) is 92.5 Å². The van der Waals surface area contributed by atoms with Gasteiger partial charge in [-0.3, -0.25) is 19.6 Å². The molecular weight excluding hydrogens is 525 g/mol. The molecule has 9 heteroatoms. The first kappa shape index (κ1) is 27.5. The number of methoxy groups -OCH3 is 2. The van der Waals surface area contributed by atoms with Crippen LogP contribution < -0.4 is 19.6 Å². The molecule has 0 amide bonds. The van der Waals surface area contributed by atoms with E-state index in [1.807, 2.05) is 13.8 Å². The number of nitrogens with zero attached hydrogens (tertiary/aromatic N) is 3. The maximum atomic E-state index is 13.5. The summed E-state index contributed by atoms with van der Waals surface area (Å²) in [4.78, 5) is 35.4. The minimum Gasteiger partial charge on any atom is -0.493 e. The first-order valence-electron chi connectivity index (χ1n) is 13.0. The SMILES string of the molecule is COc1cc2nccc(Oc3ccc(CC(=O)c4cn(C(C)C)cc(-c5ccc(F)cc5)c4=O)nc3)c2cc1OC. The van der Waals surface area contributed by atoms with E-state index >= 15 is 0 Å². The van der Waals surface area contributed by atoms with E-state index < -0.39 is 11.2 Å². The normalized spacial score (nSPS) is 11.1. The molecule has 0 bridgehead atoms. The number of fused-ring (bicyclic) bond motifs is 1. The third kappa shape index (κ3) is 5.79. The van der Waals surface area contributed by atoms with Crippen molar-refractivity contribution in [2.45, 2.75) is 26.3 Å². The predicted molar refractivity (Wildman–Crippen MR) is 154 cm³/mol. The molecule has 0 unspecified atom stereocenters. The first-order chi connectivity index (χ1) is 19.8. The lowest BCUT2D eigenvalue weighted by Crippen LogP contribution is -2.22. The van der Waals surface area contributed by atoms with Crippen LogP contribution in [0.5, 0.6) is 23.0 Å². The van der Waals surface area contributed by atoms with Gasteiger partial charge in [-0.2, -0.15) is 0 Å². The van der Waals surface area contributed by atoms with E-state index in [9.17, 15) is 14.0 Å². The second-order valence-electron chi connectivity index (χ2n) is 9.68. The molecule has 0 aliphatic carbocycles. The van der Waals surface area contributed by atoms with E-state index in [4.69, 9.17) is 14.2 Å². The number of rotatable bonds is 9. The number of hydrogen-bond acceptors (Lipinski definition) is 7. The maximum absolute atomic E-state index is 13.5. The number of halogens is 1. The van der Waals surface area contributed by atoms with Gasteiger partial charge in [-0.05, 0) is 55.8 Å². The minimum atomic E-state index is -0.407. The summed E-state index contributed by atoms with van der Waals surface area (Å²) in [5.74, 6) is 1.35. The first-order valence-corrected chi connectivity index (χ1v) is 13.0. The second kappa shape index (κ2) is 11.6. The lowest BCUT2D eigenvalue weighted by atomic mass is 10.0. The zero-order valence-electron chi connectivity index (χ0n) is 23.1. The lowest BCUT2D eigenvalue weighted by molar-refractivity contribution is 0.0990. The number of hydrogen-bond donors (Lipinski definition) is 0. The van der Waals surface area contributed by atoms with Crippen LogP contribution in [0, 0.1) is 5.82 Å². The van der Waals surface area contributed by atoms with Gasteiger partial charge in [0.25, 0.3) is 0 Å². The Morgan fingerprint density at radius 2 is 1.66 bits per heavy atom. The number of ketones is 1. The minimum absolute atomic E-state index is 0.00114. The smallest absolute Gasteiger partial charge is 0.200 e. The van der Waals surface area contributed by atoms with Crippen LogP contribution in [0.1, 0.15) is 35.9 Å². The lowest BCUT2D eigenvalue weighted by Gasteiger charge is -2.15. The molecule has 41 heavy (non-hydrogen) atoms. The summed E-state index contributed by atoms with van der Waals surface area (Å²) in [5.41, 5.74) is 1.67. The highest BCUT2D eigenvalue weighted by atomic mass is 19.1. The summed E-state index contributed by atoms with van der Waals surface area (Å²) < 4.78 is 32.1. The third-order valence-corrected chi connectivity index (χ3v) is 6.67. The summed E-state index contributed by atoms with van der Waals surface area (Å²) in [6.45, 7) is 3.90. The van der Waals surface area contributed by atoms with E-state index in [1.54, 1.807) is 67.7 Å². The molecule has 0 fully saturated rings. The largest absolute Gasteiger partial charge is 0.493 e. The van der Waals surface area contributed by atoms with Crippen molar-refractivity contribution >= 4 is 16.7 Å². The van der Waals surface area contributed by atoms with Crippen LogP contribution in [-0.4, -0.2) is 34.5 Å². The second-order valence-corrected chi connectivity index (χ2v) is 9.68. The number of carbonyl (C=O) groups is 1. The molecule has 0 spiro atoms. The number of ether oxygens (including phenoxy) is 3. The van der Waals surface area contributed by atoms with Crippen LogP contribution in [0.15, 0.2) is 84.2 Å². The van der Waals surface area contributed by atoms with Gasteiger partial charge in [0.15, 0.2) is 22.7 Å². The number of carbonyl (C=O) groups excluding carboxylic acids is 1. The fourth-order valence-corrected chi connectivity index (χ4v) is 4.43. The molecule has 0 aliphatic rings. The monoisotopic (exact) mass is 553 g/mol. The molecule has 0 aliphatic heterocycles. The summed E-state index contributed by atoms with van der Waals surface area (Å²) in [6, 6.07) is 14.3. The average molecular weight is 554 g/mol. The number of pyridine rings is 3. The Morgan fingerprint density at radius 1 is 0.927 bits per heavy atom. The van der Waals surface area contributed by atoms with Crippen LogP contribution in [0.25, 0.3) is 22.0 Å². The molecule has 2 aromatic carbocycles. The Morgan fingerprint density at radius 3 is 2.32 bits per heavy atom. The van der Waals surface area contributed by atoms with E-state index in [-0.39, 0.29) is 23.8 Å². The highest BCUT2D eigenvalue weighted by Crippen LogP contribution is 2.36. The Kier molecular flexibility index (Phi) is 7.78. The van der Waals surface area contributed by atoms with Crippen molar-refractivity contribution in [3.63, 3.8) is 0 Å². The zero-order chi connectivity index (χ0) is 29.1. The molecule has 3 aromatic heterocycles. The molecule has 0 saturated heterocycles. The van der Waals surface area contributed by atoms with Crippen LogP contribution >= 0.6 is 0 Å². The molecule has 3 heterocycles. The Balaban J connectivity index is 1.39. The fraction of sp³-hybridized carbons (Fsp3) is 0.188. The van der Waals surface area contributed by atoms with E-state index in [0.29, 0.717) is 45.3 Å². The van der Waals surface area contributed by atoms with Gasteiger partial charge in [0.1, 0.15) is 17.3 Å². The van der Waals surface area contributed by atoms with Crippen molar-refractivity contribution in [1.82, 2.24) is 14.5 Å². The van der Waals surface area contributed by atoms with Crippen molar-refractivity contribution in [2.75, 3.05) is 14.2 Å². The van der Waals surface area contributed by atoms with Crippen LogP contribution in [0.3, 0.4) is 0 Å². The summed E-state index contributed by atoms with van der Waals surface area (Å²) in [6.07, 6.45) is 6.34. The van der Waals surface area contributed by atoms with Crippen molar-refractivity contribution in [1.29, 1.82) is 0 Å². The molecular formula is C32H28FN3O5. The molecule has 0 saturated carbocycles. The van der Waals surface area contributed by atoms with Crippen LogP contribution in [-0.2, 0) is 6.42 Å². The average Bonchev–Trinajstić information content (AvgIpc) is 2.98. The van der Waals surface area contributed by atoms with Gasteiger partial charge in [0, 0.05) is 47.3 Å². The van der Waals surface area contributed by atoms with Gasteiger partial charge in [-0.1, -0.05) is 12.1 Å². The van der Waals surface area contributed by atoms with Gasteiger partial charge in [-0.15, -0.1) is 0 Å². The van der Waals surface area contributed by atoms with Crippen molar-refractivity contribution < 1.29 is 23.4 Å². The highest BCUT2D eigenvalue weighted by molar-refractivity contribution is 5.98. The Labute approximate surface area is 236 Å². The molecule has 0 N–H and O–H groups in total. The molecule has 5 rings (SSSR count). The summed E-state index contributed by atoms with van der Waals surface area (Å²) in [7, 11) is 3.12. The standard InChI is InChI=1S/C32H28FN3O5/c1-19(2)36-17-25(20-5-7-21(33)8-6-20)32(38)26(18-36)28(37)13-22-9-10-23(16-35-22)41-29-11-12-34-27-15-31(40-4)30(39-3)14-24(27)29/h5-12,14-19H,13H2,1-4H3. The third-order valence-electron chi connectivity index (χ3n) is 6.67. The Hall–Kier alpha value is -5.05. The number of aromatic nitrogens is 3. The summed E-state index contributed by atoms with van der Waals surface area (Å²) in [5, 5.41) is 0.729. The fourth-order valence-electron chi connectivity index (χ4n) is 4.43. The molecule has 208 valence electrons. The number of Topliss-reactive ketones (excluding diaryl/α,β-unsaturated/α-hetero) is 1. The van der Waals surface area contributed by atoms with Gasteiger partial charge >= 0.3 is 0 Å². The highest BCUT2D eigenvalue weighted by Gasteiger charge is 2.18. The van der Waals surface area contributed by atoms with Crippen molar-refractivity contribution in [3.8, 4) is 34.1 Å². The molecule has 8 nitrogen and oxygen atoms in total. The van der Waals surface area contributed by atoms with E-state index in [0.717, 1.165) is 5.39 Å².